The Morgan fingerprint density at radius 2 is 1.00 bits per heavy atom. The van der Waals surface area contributed by atoms with Crippen LogP contribution >= 0.6 is 34.8 Å². The van der Waals surface area contributed by atoms with Crippen molar-refractivity contribution in [2.24, 2.45) is 0 Å². The van der Waals surface area contributed by atoms with Crippen LogP contribution in [-0.2, 0) is 20.0 Å². The number of sulfonamides is 2. The van der Waals surface area contributed by atoms with Gasteiger partial charge in [0.25, 0.3) is 0 Å². The molecule has 0 amide bonds. The molecule has 0 unspecified atom stereocenters. The molecule has 2 aromatic rings. The number of alkyl halides is 3. The molecule has 2 rings (SSSR count). The van der Waals surface area contributed by atoms with Crippen LogP contribution in [0.15, 0.2) is 70.5 Å². The molecule has 0 aliphatic carbocycles. The number of nitrogens with one attached hydrogen (secondary N) is 2. The van der Waals surface area contributed by atoms with Crippen LogP contribution in [0.2, 0.25) is 0 Å². The Kier molecular flexibility index (Phi) is 6.37. The zero-order valence-corrected chi connectivity index (χ0v) is 16.3. The Hall–Kier alpha value is -0.870. The van der Waals surface area contributed by atoms with Gasteiger partial charge in [0.05, 0.1) is 9.79 Å². The molecule has 0 aliphatic heterocycles. The summed E-state index contributed by atoms with van der Waals surface area (Å²) < 4.78 is 51.4. The van der Waals surface area contributed by atoms with Crippen molar-refractivity contribution in [1.29, 1.82) is 0 Å². The van der Waals surface area contributed by atoms with Crippen molar-refractivity contribution in [3.8, 4) is 0 Å². The predicted molar refractivity (Wildman–Crippen MR) is 97.6 cm³/mol. The standard InChI is InChI=1S/C14H13Cl3N2O4S2/c15-14(16,17)13(18-24(20,21)11-7-3-1-4-8-11)19-25(22,23)12-9-5-2-6-10-12/h1-10,13,18-19H. The second-order valence-corrected chi connectivity index (χ2v) is 10.6. The van der Waals surface area contributed by atoms with Gasteiger partial charge in [-0.2, -0.15) is 9.44 Å². The van der Waals surface area contributed by atoms with E-state index in [2.05, 4.69) is 9.44 Å². The first-order valence-corrected chi connectivity index (χ1v) is 10.8. The summed E-state index contributed by atoms with van der Waals surface area (Å²) in [6, 6.07) is 14.6. The molecule has 136 valence electrons. The summed E-state index contributed by atoms with van der Waals surface area (Å²) >= 11 is 17.3. The smallest absolute Gasteiger partial charge is 0.207 e. The molecule has 0 saturated carbocycles. The van der Waals surface area contributed by atoms with E-state index in [1.54, 1.807) is 12.1 Å². The molecule has 0 aromatic heterocycles. The second-order valence-electron chi connectivity index (χ2n) is 4.84. The van der Waals surface area contributed by atoms with Crippen LogP contribution in [0.4, 0.5) is 0 Å². The van der Waals surface area contributed by atoms with E-state index in [1.165, 1.54) is 48.5 Å². The fourth-order valence-corrected chi connectivity index (χ4v) is 4.99. The molecule has 0 saturated heterocycles. The average Bonchev–Trinajstić information content (AvgIpc) is 2.55. The van der Waals surface area contributed by atoms with Crippen LogP contribution in [0, 0.1) is 0 Å². The van der Waals surface area contributed by atoms with Crippen LogP contribution in [0.25, 0.3) is 0 Å². The predicted octanol–water partition coefficient (Wildman–Crippen LogP) is 2.64. The van der Waals surface area contributed by atoms with Gasteiger partial charge in [0.15, 0.2) is 0 Å². The lowest BCUT2D eigenvalue weighted by atomic mass is 10.4. The van der Waals surface area contributed by atoms with Crippen molar-refractivity contribution in [3.05, 3.63) is 60.7 Å². The largest absolute Gasteiger partial charge is 0.242 e. The maximum absolute atomic E-state index is 12.4. The van der Waals surface area contributed by atoms with Crippen molar-refractivity contribution in [2.75, 3.05) is 0 Å². The lowest BCUT2D eigenvalue weighted by Crippen LogP contribution is -2.54. The highest BCUT2D eigenvalue weighted by Crippen LogP contribution is 2.31. The third-order valence-electron chi connectivity index (χ3n) is 2.98. The number of benzene rings is 2. The SMILES string of the molecule is O=S(=O)(NC(NS(=O)(=O)c1ccccc1)C(Cl)(Cl)Cl)c1ccccc1. The zero-order valence-electron chi connectivity index (χ0n) is 12.4. The minimum absolute atomic E-state index is 0.104. The maximum Gasteiger partial charge on any atom is 0.242 e. The van der Waals surface area contributed by atoms with E-state index in [-0.39, 0.29) is 9.79 Å². The fraction of sp³-hybridized carbons (Fsp3) is 0.143. The summed E-state index contributed by atoms with van der Waals surface area (Å²) in [6.07, 6.45) is -1.73. The van der Waals surface area contributed by atoms with Gasteiger partial charge in [0, 0.05) is 0 Å². The van der Waals surface area contributed by atoms with Crippen LogP contribution in [-0.4, -0.2) is 26.8 Å². The summed E-state index contributed by atoms with van der Waals surface area (Å²) in [5.74, 6) is 0. The van der Waals surface area contributed by atoms with Gasteiger partial charge in [-0.15, -0.1) is 0 Å². The van der Waals surface area contributed by atoms with Crippen molar-refractivity contribution >= 4 is 54.8 Å². The molecule has 0 radical (unpaired) electrons. The molecule has 0 spiro atoms. The molecule has 0 fully saturated rings. The van der Waals surface area contributed by atoms with E-state index in [4.69, 9.17) is 34.8 Å². The minimum Gasteiger partial charge on any atom is -0.207 e. The first kappa shape index (κ1) is 20.4. The number of hydrogen-bond donors (Lipinski definition) is 2. The molecular weight excluding hydrogens is 431 g/mol. The van der Waals surface area contributed by atoms with Gasteiger partial charge in [-0.1, -0.05) is 71.2 Å². The maximum atomic E-state index is 12.4. The van der Waals surface area contributed by atoms with Gasteiger partial charge in [0.1, 0.15) is 6.17 Å². The Morgan fingerprint density at radius 1 is 0.680 bits per heavy atom. The number of halogens is 3. The Bertz CT molecular complexity index is 844. The van der Waals surface area contributed by atoms with E-state index < -0.39 is 30.0 Å². The first-order chi connectivity index (χ1) is 11.5. The molecule has 0 aliphatic rings. The molecule has 2 N–H and O–H groups in total. The lowest BCUT2D eigenvalue weighted by molar-refractivity contribution is 0.519. The van der Waals surface area contributed by atoms with Gasteiger partial charge < -0.3 is 0 Å². The summed E-state index contributed by atoms with van der Waals surface area (Å²) in [7, 11) is -8.25. The van der Waals surface area contributed by atoms with E-state index >= 15 is 0 Å². The highest BCUT2D eigenvalue weighted by molar-refractivity contribution is 7.90. The molecule has 6 nitrogen and oxygen atoms in total. The minimum atomic E-state index is -4.13. The summed E-state index contributed by atoms with van der Waals surface area (Å²) in [6.45, 7) is 0. The van der Waals surface area contributed by atoms with Gasteiger partial charge >= 0.3 is 0 Å². The first-order valence-electron chi connectivity index (χ1n) is 6.74. The van der Waals surface area contributed by atoms with Crippen LogP contribution in [0.5, 0.6) is 0 Å². The second kappa shape index (κ2) is 7.79. The summed E-state index contributed by atoms with van der Waals surface area (Å²) in [5.41, 5.74) is 0. The van der Waals surface area contributed by atoms with Crippen molar-refractivity contribution < 1.29 is 16.8 Å². The summed E-state index contributed by atoms with van der Waals surface area (Å²) in [4.78, 5) is -0.207. The van der Waals surface area contributed by atoms with Gasteiger partial charge in [-0.3, -0.25) is 0 Å². The van der Waals surface area contributed by atoms with E-state index in [0.717, 1.165) is 0 Å². The van der Waals surface area contributed by atoms with E-state index in [1.807, 2.05) is 0 Å². The number of rotatable bonds is 6. The summed E-state index contributed by atoms with van der Waals surface area (Å²) in [5, 5.41) is 0. The van der Waals surface area contributed by atoms with Crippen LogP contribution < -0.4 is 9.44 Å². The van der Waals surface area contributed by atoms with Crippen LogP contribution in [0.3, 0.4) is 0 Å². The number of hydrogen-bond acceptors (Lipinski definition) is 4. The Labute approximate surface area is 161 Å². The average molecular weight is 444 g/mol. The lowest BCUT2D eigenvalue weighted by Gasteiger charge is -2.26. The third kappa shape index (κ3) is 5.55. The van der Waals surface area contributed by atoms with Crippen molar-refractivity contribution in [1.82, 2.24) is 9.44 Å². The highest BCUT2D eigenvalue weighted by atomic mass is 35.6. The van der Waals surface area contributed by atoms with E-state index in [9.17, 15) is 16.8 Å². The molecule has 2 aromatic carbocycles. The van der Waals surface area contributed by atoms with Crippen molar-refractivity contribution in [3.63, 3.8) is 0 Å². The van der Waals surface area contributed by atoms with Gasteiger partial charge in [-0.25, -0.2) is 16.8 Å². The Morgan fingerprint density at radius 3 is 1.28 bits per heavy atom. The van der Waals surface area contributed by atoms with Crippen molar-refractivity contribution in [2.45, 2.75) is 19.7 Å². The molecule has 0 bridgehead atoms. The highest BCUT2D eigenvalue weighted by Gasteiger charge is 2.39. The zero-order chi connectivity index (χ0) is 18.7. The third-order valence-corrected chi connectivity index (χ3v) is 6.51. The topological polar surface area (TPSA) is 92.3 Å². The molecule has 0 atom stereocenters. The molecule has 0 heterocycles. The van der Waals surface area contributed by atoms with Gasteiger partial charge in [-0.05, 0) is 24.3 Å². The molecule has 25 heavy (non-hydrogen) atoms. The normalized spacial score (nSPS) is 13.1. The van der Waals surface area contributed by atoms with E-state index in [0.29, 0.717) is 0 Å². The molecule has 11 heteroatoms. The fourth-order valence-electron chi connectivity index (χ4n) is 1.80. The monoisotopic (exact) mass is 442 g/mol. The Balaban J connectivity index is 2.33. The molecular formula is C14H13Cl3N2O4S2. The van der Waals surface area contributed by atoms with Gasteiger partial charge in [0.2, 0.25) is 23.8 Å². The van der Waals surface area contributed by atoms with Crippen LogP contribution in [0.1, 0.15) is 0 Å². The quantitative estimate of drug-likeness (QED) is 0.530.